The Labute approximate surface area is 122 Å². The van der Waals surface area contributed by atoms with Crippen LogP contribution < -0.4 is 11.1 Å². The third-order valence-electron chi connectivity index (χ3n) is 2.68. The lowest BCUT2D eigenvalue weighted by molar-refractivity contribution is -0.141. The van der Waals surface area contributed by atoms with E-state index in [1.165, 1.54) is 0 Å². The van der Waals surface area contributed by atoms with Gasteiger partial charge in [-0.3, -0.25) is 0 Å². The van der Waals surface area contributed by atoms with E-state index in [1.807, 2.05) is 13.0 Å². The molecule has 1 heterocycles. The number of nitrogens with zero attached hydrogens (tertiary/aromatic N) is 1. The normalized spacial score (nSPS) is 11.4. The standard InChI is InChI=1S/C13H11BrF3N3/c1-7-4-8(14)2-3-10(7)20-11-5-12(13(15,16)17)19-6-9(11)18/h2-6H,18H2,1H3,(H,19,20). The lowest BCUT2D eigenvalue weighted by Gasteiger charge is -2.14. The average Bonchev–Trinajstić information content (AvgIpc) is 2.33. The molecule has 2 rings (SSSR count). The molecule has 106 valence electrons. The predicted octanol–water partition coefficient (Wildman–Crippen LogP) is 4.50. The van der Waals surface area contributed by atoms with Gasteiger partial charge in [-0.2, -0.15) is 13.2 Å². The molecule has 7 heteroatoms. The molecular weight excluding hydrogens is 335 g/mol. The van der Waals surface area contributed by atoms with Crippen molar-refractivity contribution in [1.82, 2.24) is 4.98 Å². The van der Waals surface area contributed by atoms with Gasteiger partial charge in [-0.05, 0) is 36.8 Å². The van der Waals surface area contributed by atoms with Crippen molar-refractivity contribution in [3.05, 3.63) is 46.2 Å². The molecule has 3 nitrogen and oxygen atoms in total. The summed E-state index contributed by atoms with van der Waals surface area (Å²) in [6.07, 6.45) is -3.50. The van der Waals surface area contributed by atoms with Crippen LogP contribution >= 0.6 is 15.9 Å². The minimum absolute atomic E-state index is 0.153. The van der Waals surface area contributed by atoms with E-state index in [2.05, 4.69) is 26.2 Å². The Morgan fingerprint density at radius 1 is 1.20 bits per heavy atom. The van der Waals surface area contributed by atoms with Gasteiger partial charge in [0, 0.05) is 10.2 Å². The molecule has 1 aromatic carbocycles. The number of anilines is 3. The van der Waals surface area contributed by atoms with Crippen molar-refractivity contribution < 1.29 is 13.2 Å². The van der Waals surface area contributed by atoms with Crippen LogP contribution in [0.25, 0.3) is 0 Å². The highest BCUT2D eigenvalue weighted by Gasteiger charge is 2.33. The lowest BCUT2D eigenvalue weighted by Crippen LogP contribution is -2.09. The number of hydrogen-bond donors (Lipinski definition) is 2. The van der Waals surface area contributed by atoms with Gasteiger partial charge in [0.05, 0.1) is 17.6 Å². The summed E-state index contributed by atoms with van der Waals surface area (Å²) in [7, 11) is 0. The number of aryl methyl sites for hydroxylation is 1. The van der Waals surface area contributed by atoms with Crippen LogP contribution in [0.1, 0.15) is 11.3 Å². The van der Waals surface area contributed by atoms with Crippen LogP contribution in [0, 0.1) is 6.92 Å². The zero-order valence-corrected chi connectivity index (χ0v) is 12.0. The summed E-state index contributed by atoms with van der Waals surface area (Å²) in [6, 6.07) is 6.30. The molecule has 0 aliphatic carbocycles. The van der Waals surface area contributed by atoms with E-state index in [0.29, 0.717) is 5.69 Å². The predicted molar refractivity (Wildman–Crippen MR) is 75.8 cm³/mol. The van der Waals surface area contributed by atoms with Crippen LogP contribution in [-0.4, -0.2) is 4.98 Å². The summed E-state index contributed by atoms with van der Waals surface area (Å²) in [5, 5.41) is 2.89. The summed E-state index contributed by atoms with van der Waals surface area (Å²) >= 11 is 3.32. The Kier molecular flexibility index (Phi) is 3.89. The molecule has 20 heavy (non-hydrogen) atoms. The second kappa shape index (κ2) is 5.32. The fraction of sp³-hybridized carbons (Fsp3) is 0.154. The summed E-state index contributed by atoms with van der Waals surface area (Å²) in [5.41, 5.74) is 6.57. The van der Waals surface area contributed by atoms with E-state index in [0.717, 1.165) is 22.3 Å². The van der Waals surface area contributed by atoms with E-state index in [-0.39, 0.29) is 11.4 Å². The number of pyridine rings is 1. The maximum absolute atomic E-state index is 12.6. The molecule has 0 fully saturated rings. The first-order valence-electron chi connectivity index (χ1n) is 5.63. The van der Waals surface area contributed by atoms with Crippen LogP contribution in [0.4, 0.5) is 30.2 Å². The largest absolute Gasteiger partial charge is 0.433 e. The summed E-state index contributed by atoms with van der Waals surface area (Å²) in [6.45, 7) is 1.84. The van der Waals surface area contributed by atoms with Crippen molar-refractivity contribution in [2.45, 2.75) is 13.1 Å². The van der Waals surface area contributed by atoms with E-state index in [4.69, 9.17) is 5.73 Å². The minimum atomic E-state index is -4.50. The molecule has 2 aromatic rings. The van der Waals surface area contributed by atoms with Crippen molar-refractivity contribution in [2.75, 3.05) is 11.1 Å². The Morgan fingerprint density at radius 2 is 1.90 bits per heavy atom. The average molecular weight is 346 g/mol. The number of nitrogen functional groups attached to an aromatic ring is 1. The number of benzene rings is 1. The molecular formula is C13H11BrF3N3. The zero-order valence-electron chi connectivity index (χ0n) is 10.4. The van der Waals surface area contributed by atoms with Crippen molar-refractivity contribution in [1.29, 1.82) is 0 Å². The summed E-state index contributed by atoms with van der Waals surface area (Å²) in [5.74, 6) is 0. The molecule has 0 atom stereocenters. The van der Waals surface area contributed by atoms with Gasteiger partial charge in [0.25, 0.3) is 0 Å². The molecule has 0 radical (unpaired) electrons. The van der Waals surface area contributed by atoms with Crippen LogP contribution in [0.3, 0.4) is 0 Å². The van der Waals surface area contributed by atoms with E-state index in [1.54, 1.807) is 12.1 Å². The molecule has 3 N–H and O–H groups in total. The highest BCUT2D eigenvalue weighted by atomic mass is 79.9. The number of hydrogen-bond acceptors (Lipinski definition) is 3. The van der Waals surface area contributed by atoms with Gasteiger partial charge in [-0.25, -0.2) is 4.98 Å². The fourth-order valence-corrected chi connectivity index (χ4v) is 2.12. The van der Waals surface area contributed by atoms with E-state index >= 15 is 0 Å². The van der Waals surface area contributed by atoms with Crippen LogP contribution in [0.2, 0.25) is 0 Å². The maximum Gasteiger partial charge on any atom is 0.433 e. The molecule has 1 aromatic heterocycles. The van der Waals surface area contributed by atoms with Gasteiger partial charge >= 0.3 is 6.18 Å². The maximum atomic E-state index is 12.6. The molecule has 0 amide bonds. The molecule has 0 bridgehead atoms. The van der Waals surface area contributed by atoms with Gasteiger partial charge in [0.15, 0.2) is 0 Å². The third-order valence-corrected chi connectivity index (χ3v) is 3.18. The Hall–Kier alpha value is -1.76. The number of nitrogens with two attached hydrogens (primary N) is 1. The smallest absolute Gasteiger partial charge is 0.396 e. The van der Waals surface area contributed by atoms with Crippen molar-refractivity contribution >= 4 is 33.0 Å². The Balaban J connectivity index is 2.38. The van der Waals surface area contributed by atoms with Crippen molar-refractivity contribution in [2.24, 2.45) is 0 Å². The van der Waals surface area contributed by atoms with E-state index in [9.17, 15) is 13.2 Å². The number of nitrogens with one attached hydrogen (secondary N) is 1. The topological polar surface area (TPSA) is 50.9 Å². The number of rotatable bonds is 2. The second-order valence-electron chi connectivity index (χ2n) is 4.24. The van der Waals surface area contributed by atoms with Crippen molar-refractivity contribution in [3.8, 4) is 0 Å². The van der Waals surface area contributed by atoms with Crippen molar-refractivity contribution in [3.63, 3.8) is 0 Å². The molecule has 0 aliphatic heterocycles. The number of aromatic nitrogens is 1. The van der Waals surface area contributed by atoms with Crippen LogP contribution in [0.5, 0.6) is 0 Å². The van der Waals surface area contributed by atoms with Gasteiger partial charge in [0.2, 0.25) is 0 Å². The first kappa shape index (κ1) is 14.6. The number of halogens is 4. The van der Waals surface area contributed by atoms with Crippen LogP contribution in [-0.2, 0) is 6.18 Å². The first-order valence-corrected chi connectivity index (χ1v) is 6.42. The quantitative estimate of drug-likeness (QED) is 0.842. The summed E-state index contributed by atoms with van der Waals surface area (Å²) < 4.78 is 38.8. The molecule has 0 saturated heterocycles. The molecule has 0 unspecified atom stereocenters. The SMILES string of the molecule is Cc1cc(Br)ccc1Nc1cc(C(F)(F)F)ncc1N. The second-order valence-corrected chi connectivity index (χ2v) is 5.15. The van der Waals surface area contributed by atoms with Gasteiger partial charge in [-0.1, -0.05) is 15.9 Å². The Morgan fingerprint density at radius 3 is 2.50 bits per heavy atom. The molecule has 0 saturated carbocycles. The zero-order chi connectivity index (χ0) is 14.9. The number of alkyl halides is 3. The molecule has 0 spiro atoms. The lowest BCUT2D eigenvalue weighted by atomic mass is 10.2. The van der Waals surface area contributed by atoms with Crippen LogP contribution in [0.15, 0.2) is 34.9 Å². The highest BCUT2D eigenvalue weighted by molar-refractivity contribution is 9.10. The van der Waals surface area contributed by atoms with Gasteiger partial charge < -0.3 is 11.1 Å². The van der Waals surface area contributed by atoms with Gasteiger partial charge in [-0.15, -0.1) is 0 Å². The monoisotopic (exact) mass is 345 g/mol. The fourth-order valence-electron chi connectivity index (χ4n) is 1.64. The molecule has 0 aliphatic rings. The third kappa shape index (κ3) is 3.22. The highest BCUT2D eigenvalue weighted by Crippen LogP contribution is 2.33. The minimum Gasteiger partial charge on any atom is -0.396 e. The Bertz CT molecular complexity index is 641. The summed E-state index contributed by atoms with van der Waals surface area (Å²) in [4.78, 5) is 3.29. The van der Waals surface area contributed by atoms with E-state index < -0.39 is 11.9 Å². The first-order chi connectivity index (χ1) is 9.27. The van der Waals surface area contributed by atoms with Gasteiger partial charge in [0.1, 0.15) is 5.69 Å².